The van der Waals surface area contributed by atoms with Crippen LogP contribution < -0.4 is 0 Å². The molecule has 2 heterocycles. The van der Waals surface area contributed by atoms with Gasteiger partial charge in [0, 0.05) is 32.2 Å². The average molecular weight is 267 g/mol. The fourth-order valence-electron chi connectivity index (χ4n) is 2.45. The van der Waals surface area contributed by atoms with Crippen LogP contribution in [0.25, 0.3) is 0 Å². The Morgan fingerprint density at radius 2 is 2.16 bits per heavy atom. The maximum atomic E-state index is 12.2. The van der Waals surface area contributed by atoms with Crippen LogP contribution in [0.1, 0.15) is 29.6 Å². The summed E-state index contributed by atoms with van der Waals surface area (Å²) in [7, 11) is 0. The van der Waals surface area contributed by atoms with E-state index in [0.717, 1.165) is 19.5 Å². The predicted octanol–water partition coefficient (Wildman–Crippen LogP) is 0.512. The quantitative estimate of drug-likeness (QED) is 0.861. The number of aliphatic hydroxyl groups is 1. The standard InChI is InChI=1S/C13H21N3O3/c1-3-11(8-17)15-4-6-16(7-5-15)13(18)12-10(2)19-9-14-12/h9,11,17H,3-8H2,1-2H3. The molecule has 1 fully saturated rings. The first-order valence-electron chi connectivity index (χ1n) is 6.71. The van der Waals surface area contributed by atoms with Crippen LogP contribution in [0, 0.1) is 6.92 Å². The van der Waals surface area contributed by atoms with Crippen molar-refractivity contribution < 1.29 is 14.3 Å². The van der Waals surface area contributed by atoms with Crippen LogP contribution in [0.15, 0.2) is 10.8 Å². The van der Waals surface area contributed by atoms with Gasteiger partial charge in [-0.15, -0.1) is 0 Å². The number of hydrogen-bond donors (Lipinski definition) is 1. The van der Waals surface area contributed by atoms with E-state index in [9.17, 15) is 9.90 Å². The summed E-state index contributed by atoms with van der Waals surface area (Å²) in [6.07, 6.45) is 2.23. The first kappa shape index (κ1) is 14.0. The Morgan fingerprint density at radius 3 is 2.63 bits per heavy atom. The van der Waals surface area contributed by atoms with Crippen molar-refractivity contribution in [3.63, 3.8) is 0 Å². The van der Waals surface area contributed by atoms with Gasteiger partial charge in [0.05, 0.1) is 6.61 Å². The van der Waals surface area contributed by atoms with Gasteiger partial charge >= 0.3 is 0 Å². The number of aliphatic hydroxyl groups excluding tert-OH is 1. The molecule has 0 radical (unpaired) electrons. The third kappa shape index (κ3) is 2.96. The normalized spacial score (nSPS) is 18.6. The molecule has 106 valence electrons. The average Bonchev–Trinajstić information content (AvgIpc) is 2.86. The molecule has 19 heavy (non-hydrogen) atoms. The predicted molar refractivity (Wildman–Crippen MR) is 69.9 cm³/mol. The minimum absolute atomic E-state index is 0.0667. The van der Waals surface area contributed by atoms with Crippen LogP contribution in [0.3, 0.4) is 0 Å². The number of carbonyl (C=O) groups is 1. The number of piperazine rings is 1. The lowest BCUT2D eigenvalue weighted by Crippen LogP contribution is -2.52. The number of carbonyl (C=O) groups excluding carboxylic acids is 1. The fraction of sp³-hybridized carbons (Fsp3) is 0.692. The van der Waals surface area contributed by atoms with Gasteiger partial charge in [0.25, 0.3) is 5.91 Å². The largest absolute Gasteiger partial charge is 0.448 e. The van der Waals surface area contributed by atoms with Gasteiger partial charge in [0.2, 0.25) is 0 Å². The second-order valence-electron chi connectivity index (χ2n) is 4.83. The highest BCUT2D eigenvalue weighted by Gasteiger charge is 2.27. The molecule has 1 aliphatic rings. The third-order valence-corrected chi connectivity index (χ3v) is 3.75. The van der Waals surface area contributed by atoms with Crippen LogP contribution >= 0.6 is 0 Å². The van der Waals surface area contributed by atoms with Crippen molar-refractivity contribution in [3.8, 4) is 0 Å². The van der Waals surface area contributed by atoms with Crippen molar-refractivity contribution in [3.05, 3.63) is 17.8 Å². The summed E-state index contributed by atoms with van der Waals surface area (Å²) < 4.78 is 5.07. The van der Waals surface area contributed by atoms with Crippen LogP contribution in [0.2, 0.25) is 0 Å². The highest BCUT2D eigenvalue weighted by atomic mass is 16.3. The Labute approximate surface area is 113 Å². The number of aryl methyl sites for hydroxylation is 1. The summed E-state index contributed by atoms with van der Waals surface area (Å²) >= 11 is 0. The Morgan fingerprint density at radius 1 is 1.47 bits per heavy atom. The van der Waals surface area contributed by atoms with Crippen molar-refractivity contribution >= 4 is 5.91 Å². The first-order chi connectivity index (χ1) is 9.17. The Hall–Kier alpha value is -1.40. The minimum atomic E-state index is -0.0667. The molecule has 1 aromatic heterocycles. The Kier molecular flexibility index (Phi) is 4.55. The van der Waals surface area contributed by atoms with Gasteiger partial charge in [0.1, 0.15) is 5.76 Å². The number of nitrogens with zero attached hydrogens (tertiary/aromatic N) is 3. The maximum absolute atomic E-state index is 12.2. The highest BCUT2D eigenvalue weighted by molar-refractivity contribution is 5.93. The van der Waals surface area contributed by atoms with E-state index < -0.39 is 0 Å². The molecule has 1 amide bonds. The molecule has 1 saturated heterocycles. The van der Waals surface area contributed by atoms with E-state index in [2.05, 4.69) is 16.8 Å². The maximum Gasteiger partial charge on any atom is 0.276 e. The molecule has 1 N–H and O–H groups in total. The lowest BCUT2D eigenvalue weighted by atomic mass is 10.1. The van der Waals surface area contributed by atoms with Gasteiger partial charge in [-0.1, -0.05) is 6.92 Å². The summed E-state index contributed by atoms with van der Waals surface area (Å²) in [5.74, 6) is 0.497. The molecule has 1 aliphatic heterocycles. The zero-order chi connectivity index (χ0) is 13.8. The summed E-state index contributed by atoms with van der Waals surface area (Å²) in [6, 6.07) is 0.200. The summed E-state index contributed by atoms with van der Waals surface area (Å²) in [4.78, 5) is 20.2. The lowest BCUT2D eigenvalue weighted by molar-refractivity contribution is 0.0467. The second kappa shape index (κ2) is 6.16. The van der Waals surface area contributed by atoms with E-state index in [0.29, 0.717) is 24.5 Å². The molecule has 1 atom stereocenters. The van der Waals surface area contributed by atoms with Crippen LogP contribution in [0.5, 0.6) is 0 Å². The SMILES string of the molecule is CCC(CO)N1CCN(C(=O)c2ncoc2C)CC1. The number of oxazole rings is 1. The van der Waals surface area contributed by atoms with E-state index in [-0.39, 0.29) is 18.6 Å². The lowest BCUT2D eigenvalue weighted by Gasteiger charge is -2.38. The molecule has 6 heteroatoms. The zero-order valence-corrected chi connectivity index (χ0v) is 11.5. The minimum Gasteiger partial charge on any atom is -0.448 e. The van der Waals surface area contributed by atoms with E-state index in [1.165, 1.54) is 6.39 Å². The Bertz CT molecular complexity index is 421. The smallest absolute Gasteiger partial charge is 0.276 e. The molecular weight excluding hydrogens is 246 g/mol. The monoisotopic (exact) mass is 267 g/mol. The van der Waals surface area contributed by atoms with Gasteiger partial charge in [-0.2, -0.15) is 0 Å². The summed E-state index contributed by atoms with van der Waals surface area (Å²) in [6.45, 7) is 6.91. The van der Waals surface area contributed by atoms with Crippen molar-refractivity contribution in [2.75, 3.05) is 32.8 Å². The molecule has 6 nitrogen and oxygen atoms in total. The number of hydrogen-bond acceptors (Lipinski definition) is 5. The molecule has 2 rings (SSSR count). The van der Waals surface area contributed by atoms with Crippen LogP contribution in [-0.2, 0) is 0 Å². The molecular formula is C13H21N3O3. The molecule has 0 aliphatic carbocycles. The van der Waals surface area contributed by atoms with Crippen molar-refractivity contribution in [1.82, 2.24) is 14.8 Å². The van der Waals surface area contributed by atoms with Crippen LogP contribution in [0.4, 0.5) is 0 Å². The number of aromatic nitrogens is 1. The summed E-state index contributed by atoms with van der Waals surface area (Å²) in [5, 5.41) is 9.30. The first-order valence-corrected chi connectivity index (χ1v) is 6.71. The molecule has 0 aromatic carbocycles. The van der Waals surface area contributed by atoms with Gasteiger partial charge < -0.3 is 14.4 Å². The molecule has 1 aromatic rings. The third-order valence-electron chi connectivity index (χ3n) is 3.75. The topological polar surface area (TPSA) is 69.8 Å². The zero-order valence-electron chi connectivity index (χ0n) is 11.5. The van der Waals surface area contributed by atoms with Gasteiger partial charge in [-0.05, 0) is 13.3 Å². The van der Waals surface area contributed by atoms with E-state index >= 15 is 0 Å². The fourth-order valence-corrected chi connectivity index (χ4v) is 2.45. The van der Waals surface area contributed by atoms with Crippen molar-refractivity contribution in [2.45, 2.75) is 26.3 Å². The molecule has 0 spiro atoms. The van der Waals surface area contributed by atoms with Gasteiger partial charge in [-0.25, -0.2) is 4.98 Å². The van der Waals surface area contributed by atoms with Crippen LogP contribution in [-0.4, -0.2) is 64.6 Å². The van der Waals surface area contributed by atoms with Gasteiger partial charge in [-0.3, -0.25) is 9.69 Å². The summed E-state index contributed by atoms with van der Waals surface area (Å²) in [5.41, 5.74) is 0.405. The molecule has 0 saturated carbocycles. The van der Waals surface area contributed by atoms with E-state index in [1.54, 1.807) is 11.8 Å². The molecule has 0 bridgehead atoms. The highest BCUT2D eigenvalue weighted by Crippen LogP contribution is 2.13. The van der Waals surface area contributed by atoms with E-state index in [1.807, 2.05) is 0 Å². The van der Waals surface area contributed by atoms with E-state index in [4.69, 9.17) is 4.42 Å². The van der Waals surface area contributed by atoms with Crippen molar-refractivity contribution in [1.29, 1.82) is 0 Å². The number of rotatable bonds is 4. The number of amides is 1. The Balaban J connectivity index is 1.93. The molecule has 1 unspecified atom stereocenters. The van der Waals surface area contributed by atoms with Crippen molar-refractivity contribution in [2.24, 2.45) is 0 Å². The second-order valence-corrected chi connectivity index (χ2v) is 4.83. The van der Waals surface area contributed by atoms with Gasteiger partial charge in [0.15, 0.2) is 12.1 Å².